The number of rotatable bonds is 3. The van der Waals surface area contributed by atoms with Crippen LogP contribution in [0.1, 0.15) is 30.0 Å². The molecule has 1 saturated carbocycles. The Morgan fingerprint density at radius 3 is 2.60 bits per heavy atom. The van der Waals surface area contributed by atoms with E-state index in [1.54, 1.807) is 0 Å². The van der Waals surface area contributed by atoms with Crippen LogP contribution < -0.4 is 5.73 Å². The lowest BCUT2D eigenvalue weighted by atomic mass is 10.1. The molecule has 0 aliphatic heterocycles. The zero-order valence-corrected chi connectivity index (χ0v) is 8.79. The van der Waals surface area contributed by atoms with Crippen LogP contribution in [0.3, 0.4) is 0 Å². The lowest BCUT2D eigenvalue weighted by Gasteiger charge is -2.05. The fourth-order valence-electron chi connectivity index (χ4n) is 1.34. The molecule has 0 aromatic carbocycles. The predicted octanol–water partition coefficient (Wildman–Crippen LogP) is 2.59. The molecule has 0 unspecified atom stereocenters. The lowest BCUT2D eigenvalue weighted by molar-refractivity contribution is -0.137. The van der Waals surface area contributed by atoms with Crippen molar-refractivity contribution in [1.82, 2.24) is 4.98 Å². The molecule has 1 heterocycles. The minimum atomic E-state index is -4.32. The van der Waals surface area contributed by atoms with Crippen LogP contribution in [0.15, 0.2) is 5.38 Å². The fourth-order valence-corrected chi connectivity index (χ4v) is 2.06. The molecule has 2 rings (SSSR count). The van der Waals surface area contributed by atoms with Crippen LogP contribution in [0.2, 0.25) is 0 Å². The largest absolute Gasteiger partial charge is 0.443 e. The van der Waals surface area contributed by atoms with E-state index in [2.05, 4.69) is 4.98 Å². The molecule has 1 fully saturated rings. The molecule has 0 saturated heterocycles. The van der Waals surface area contributed by atoms with Crippen LogP contribution in [-0.4, -0.2) is 10.5 Å². The van der Waals surface area contributed by atoms with Crippen molar-refractivity contribution in [2.24, 2.45) is 5.73 Å². The SMILES string of the molecule is NC1(CCc2csc(C(F)(F)F)n2)CC1. The van der Waals surface area contributed by atoms with Gasteiger partial charge in [-0.05, 0) is 25.7 Å². The van der Waals surface area contributed by atoms with Gasteiger partial charge < -0.3 is 5.73 Å². The van der Waals surface area contributed by atoms with Gasteiger partial charge in [-0.15, -0.1) is 11.3 Å². The van der Waals surface area contributed by atoms with Crippen molar-refractivity contribution in [3.05, 3.63) is 16.1 Å². The molecule has 0 amide bonds. The van der Waals surface area contributed by atoms with Gasteiger partial charge in [-0.1, -0.05) is 0 Å². The Balaban J connectivity index is 1.95. The van der Waals surface area contributed by atoms with Crippen LogP contribution in [0.4, 0.5) is 13.2 Å². The van der Waals surface area contributed by atoms with E-state index in [0.29, 0.717) is 23.5 Å². The maximum Gasteiger partial charge on any atom is 0.443 e. The second kappa shape index (κ2) is 3.45. The Hall–Kier alpha value is -0.620. The highest BCUT2D eigenvalue weighted by Crippen LogP contribution is 2.37. The van der Waals surface area contributed by atoms with E-state index < -0.39 is 11.2 Å². The number of aryl methyl sites for hydroxylation is 1. The summed E-state index contributed by atoms with van der Waals surface area (Å²) in [6.45, 7) is 0. The molecule has 1 aromatic rings. The first-order valence-corrected chi connectivity index (χ1v) is 5.58. The molecule has 0 bridgehead atoms. The number of aromatic nitrogens is 1. The van der Waals surface area contributed by atoms with Crippen molar-refractivity contribution < 1.29 is 13.2 Å². The molecular formula is C9H11F3N2S. The van der Waals surface area contributed by atoms with Crippen LogP contribution in [0.5, 0.6) is 0 Å². The molecule has 0 radical (unpaired) electrons. The highest BCUT2D eigenvalue weighted by atomic mass is 32.1. The van der Waals surface area contributed by atoms with Crippen LogP contribution in [-0.2, 0) is 12.6 Å². The number of alkyl halides is 3. The van der Waals surface area contributed by atoms with Gasteiger partial charge in [0, 0.05) is 10.9 Å². The number of thiazole rings is 1. The third kappa shape index (κ3) is 2.69. The van der Waals surface area contributed by atoms with Gasteiger partial charge in [-0.25, -0.2) is 4.98 Å². The van der Waals surface area contributed by atoms with Crippen LogP contribution in [0, 0.1) is 0 Å². The topological polar surface area (TPSA) is 38.9 Å². The van der Waals surface area contributed by atoms with Crippen molar-refractivity contribution in [2.45, 2.75) is 37.4 Å². The molecule has 0 spiro atoms. The maximum absolute atomic E-state index is 12.2. The summed E-state index contributed by atoms with van der Waals surface area (Å²) in [7, 11) is 0. The van der Waals surface area contributed by atoms with E-state index >= 15 is 0 Å². The van der Waals surface area contributed by atoms with Crippen molar-refractivity contribution in [3.63, 3.8) is 0 Å². The average molecular weight is 236 g/mol. The molecule has 1 aliphatic rings. The molecule has 1 aromatic heterocycles. The second-order valence-electron chi connectivity index (χ2n) is 4.00. The first-order valence-electron chi connectivity index (χ1n) is 4.70. The molecule has 2 N–H and O–H groups in total. The first-order chi connectivity index (χ1) is 6.89. The van der Waals surface area contributed by atoms with E-state index in [-0.39, 0.29) is 5.54 Å². The summed E-state index contributed by atoms with van der Waals surface area (Å²) in [5, 5.41) is 0.702. The number of hydrogen-bond acceptors (Lipinski definition) is 3. The lowest BCUT2D eigenvalue weighted by Crippen LogP contribution is -2.22. The van der Waals surface area contributed by atoms with Gasteiger partial charge in [0.25, 0.3) is 0 Å². The van der Waals surface area contributed by atoms with Gasteiger partial charge in [-0.3, -0.25) is 0 Å². The molecule has 15 heavy (non-hydrogen) atoms. The maximum atomic E-state index is 12.2. The number of nitrogens with zero attached hydrogens (tertiary/aromatic N) is 1. The second-order valence-corrected chi connectivity index (χ2v) is 4.86. The minimum absolute atomic E-state index is 0.123. The standard InChI is InChI=1S/C9H11F3N2S/c10-9(11,12)7-14-6(5-15-7)1-2-8(13)3-4-8/h5H,1-4,13H2. The minimum Gasteiger partial charge on any atom is -0.325 e. The van der Waals surface area contributed by atoms with Crippen molar-refractivity contribution >= 4 is 11.3 Å². The third-order valence-electron chi connectivity index (χ3n) is 2.57. The highest BCUT2D eigenvalue weighted by Gasteiger charge is 2.38. The van der Waals surface area contributed by atoms with E-state index in [1.807, 2.05) is 0 Å². The molecule has 6 heteroatoms. The number of hydrogen-bond donors (Lipinski definition) is 1. The van der Waals surface area contributed by atoms with E-state index in [1.165, 1.54) is 5.38 Å². The van der Waals surface area contributed by atoms with E-state index in [0.717, 1.165) is 19.3 Å². The van der Waals surface area contributed by atoms with Gasteiger partial charge >= 0.3 is 6.18 Å². The van der Waals surface area contributed by atoms with E-state index in [9.17, 15) is 13.2 Å². The zero-order valence-electron chi connectivity index (χ0n) is 7.97. The summed E-state index contributed by atoms with van der Waals surface area (Å²) in [5.74, 6) is 0. The summed E-state index contributed by atoms with van der Waals surface area (Å²) in [6, 6.07) is 0. The van der Waals surface area contributed by atoms with Gasteiger partial charge in [0.2, 0.25) is 0 Å². The Morgan fingerprint density at radius 2 is 2.13 bits per heavy atom. The summed E-state index contributed by atoms with van der Waals surface area (Å²) in [5.41, 5.74) is 6.22. The van der Waals surface area contributed by atoms with Crippen LogP contribution in [0.25, 0.3) is 0 Å². The summed E-state index contributed by atoms with van der Waals surface area (Å²) >= 11 is 0.651. The average Bonchev–Trinajstić information content (AvgIpc) is 2.66. The summed E-state index contributed by atoms with van der Waals surface area (Å²) in [4.78, 5) is 3.55. The Morgan fingerprint density at radius 1 is 1.47 bits per heavy atom. The summed E-state index contributed by atoms with van der Waals surface area (Å²) < 4.78 is 36.6. The molecule has 2 nitrogen and oxygen atoms in total. The van der Waals surface area contributed by atoms with Gasteiger partial charge in [0.1, 0.15) is 0 Å². The smallest absolute Gasteiger partial charge is 0.325 e. The molecule has 1 aliphatic carbocycles. The zero-order chi connectivity index (χ0) is 11.1. The molecule has 0 atom stereocenters. The van der Waals surface area contributed by atoms with Gasteiger partial charge in [0.15, 0.2) is 5.01 Å². The number of nitrogens with two attached hydrogens (primary N) is 1. The molecular weight excluding hydrogens is 225 g/mol. The predicted molar refractivity (Wildman–Crippen MR) is 51.6 cm³/mol. The van der Waals surface area contributed by atoms with Gasteiger partial charge in [-0.2, -0.15) is 13.2 Å². The van der Waals surface area contributed by atoms with Crippen molar-refractivity contribution in [1.29, 1.82) is 0 Å². The van der Waals surface area contributed by atoms with Crippen LogP contribution >= 0.6 is 11.3 Å². The monoisotopic (exact) mass is 236 g/mol. The van der Waals surface area contributed by atoms with E-state index in [4.69, 9.17) is 5.73 Å². The molecule has 84 valence electrons. The Kier molecular flexibility index (Phi) is 2.50. The van der Waals surface area contributed by atoms with Gasteiger partial charge in [0.05, 0.1) is 5.69 Å². The highest BCUT2D eigenvalue weighted by molar-refractivity contribution is 7.09. The summed E-state index contributed by atoms with van der Waals surface area (Å²) in [6.07, 6.45) is -1.09. The van der Waals surface area contributed by atoms with Crippen molar-refractivity contribution in [3.8, 4) is 0 Å². The third-order valence-corrected chi connectivity index (χ3v) is 3.50. The first kappa shape index (κ1) is 10.9. The van der Waals surface area contributed by atoms with Crippen molar-refractivity contribution in [2.75, 3.05) is 0 Å². The fraction of sp³-hybridized carbons (Fsp3) is 0.667. The Bertz CT molecular complexity index is 354. The number of halogens is 3. The Labute approximate surface area is 89.3 Å². The quantitative estimate of drug-likeness (QED) is 0.876. The normalized spacial score (nSPS) is 19.2.